The van der Waals surface area contributed by atoms with Gasteiger partial charge in [-0.05, 0) is 34.3 Å². The number of anilines is 1. The third-order valence-electron chi connectivity index (χ3n) is 3.20. The third kappa shape index (κ3) is 3.36. The highest BCUT2D eigenvalue weighted by Gasteiger charge is 2.17. The highest BCUT2D eigenvalue weighted by Crippen LogP contribution is 2.38. The molecule has 1 aliphatic heterocycles. The highest BCUT2D eigenvalue weighted by atomic mass is 79.9. The summed E-state index contributed by atoms with van der Waals surface area (Å²) in [6.45, 7) is 2.99. The second kappa shape index (κ2) is 6.58. The first-order chi connectivity index (χ1) is 10.6. The summed E-state index contributed by atoms with van der Waals surface area (Å²) >= 11 is 5.05. The smallest absolute Gasteiger partial charge is 0.319 e. The molecule has 1 aromatic carbocycles. The summed E-state index contributed by atoms with van der Waals surface area (Å²) in [4.78, 5) is 13.2. The summed E-state index contributed by atoms with van der Waals surface area (Å²) in [6, 6.07) is 7.21. The molecule has 2 amide bonds. The highest BCUT2D eigenvalue weighted by molar-refractivity contribution is 9.10. The van der Waals surface area contributed by atoms with E-state index in [1.165, 1.54) is 0 Å². The predicted molar refractivity (Wildman–Crippen MR) is 90.0 cm³/mol. The van der Waals surface area contributed by atoms with E-state index in [0.717, 1.165) is 9.35 Å². The van der Waals surface area contributed by atoms with Crippen molar-refractivity contribution in [1.82, 2.24) is 5.32 Å². The lowest BCUT2D eigenvalue weighted by molar-refractivity contribution is 0.171. The molecule has 0 aliphatic carbocycles. The number of halogens is 1. The van der Waals surface area contributed by atoms with Crippen molar-refractivity contribution in [3.05, 3.63) is 39.0 Å². The Morgan fingerprint density at radius 3 is 2.73 bits per heavy atom. The Kier molecular flexibility index (Phi) is 4.54. The van der Waals surface area contributed by atoms with Gasteiger partial charge in [-0.25, -0.2) is 4.79 Å². The number of fused-ring (bicyclic) bond motifs is 1. The molecule has 5 nitrogen and oxygen atoms in total. The fraction of sp³-hybridized carbons (Fsp3) is 0.267. The van der Waals surface area contributed by atoms with Crippen LogP contribution < -0.4 is 20.1 Å². The minimum absolute atomic E-state index is 0.0454. The molecular weight excluding hydrogens is 368 g/mol. The van der Waals surface area contributed by atoms with Crippen LogP contribution in [0.5, 0.6) is 11.5 Å². The normalized spacial score (nSPS) is 14.3. The minimum Gasteiger partial charge on any atom is -0.486 e. The average Bonchev–Trinajstić information content (AvgIpc) is 3.02. The molecule has 2 heterocycles. The summed E-state index contributed by atoms with van der Waals surface area (Å²) < 4.78 is 11.8. The van der Waals surface area contributed by atoms with E-state index in [0.29, 0.717) is 30.4 Å². The van der Waals surface area contributed by atoms with Gasteiger partial charge in [-0.1, -0.05) is 6.07 Å². The zero-order valence-corrected chi connectivity index (χ0v) is 14.3. The van der Waals surface area contributed by atoms with Crippen LogP contribution in [0.1, 0.15) is 17.8 Å². The number of amides is 2. The molecular formula is C15H15BrN2O3S. The number of ether oxygens (including phenoxy) is 2. The fourth-order valence-electron chi connectivity index (χ4n) is 2.12. The number of benzene rings is 1. The number of hydrogen-bond acceptors (Lipinski definition) is 4. The number of carbonyl (C=O) groups is 1. The zero-order chi connectivity index (χ0) is 15.5. The van der Waals surface area contributed by atoms with Crippen molar-refractivity contribution in [2.75, 3.05) is 18.5 Å². The van der Waals surface area contributed by atoms with Crippen LogP contribution in [0.4, 0.5) is 10.5 Å². The molecule has 0 spiro atoms. The molecule has 0 saturated heterocycles. The molecule has 0 radical (unpaired) electrons. The van der Waals surface area contributed by atoms with Crippen molar-refractivity contribution in [3.63, 3.8) is 0 Å². The molecule has 7 heteroatoms. The number of thiophene rings is 1. The second-order valence-corrected chi connectivity index (χ2v) is 6.64. The molecule has 1 aromatic heterocycles. The maximum atomic E-state index is 12.1. The van der Waals surface area contributed by atoms with Gasteiger partial charge < -0.3 is 20.1 Å². The number of urea groups is 1. The van der Waals surface area contributed by atoms with Crippen LogP contribution in [0.25, 0.3) is 0 Å². The third-order valence-corrected chi connectivity index (χ3v) is 4.91. The molecule has 2 N–H and O–H groups in total. The number of rotatable bonds is 3. The van der Waals surface area contributed by atoms with Crippen molar-refractivity contribution in [2.45, 2.75) is 13.0 Å². The Labute approximate surface area is 140 Å². The van der Waals surface area contributed by atoms with Gasteiger partial charge >= 0.3 is 6.03 Å². The number of nitrogens with one attached hydrogen (secondary N) is 2. The number of hydrogen-bond donors (Lipinski definition) is 2. The molecule has 116 valence electrons. The van der Waals surface area contributed by atoms with Gasteiger partial charge in [-0.2, -0.15) is 0 Å². The Morgan fingerprint density at radius 1 is 1.32 bits per heavy atom. The van der Waals surface area contributed by atoms with Crippen LogP contribution in [-0.2, 0) is 0 Å². The van der Waals surface area contributed by atoms with Crippen molar-refractivity contribution >= 4 is 39.0 Å². The van der Waals surface area contributed by atoms with Gasteiger partial charge in [0.2, 0.25) is 0 Å². The van der Waals surface area contributed by atoms with E-state index in [1.807, 2.05) is 24.4 Å². The lowest BCUT2D eigenvalue weighted by atomic mass is 10.2. The van der Waals surface area contributed by atoms with Crippen molar-refractivity contribution < 1.29 is 14.3 Å². The summed E-state index contributed by atoms with van der Waals surface area (Å²) in [5.74, 6) is 1.31. The lowest BCUT2D eigenvalue weighted by Gasteiger charge is -2.20. The van der Waals surface area contributed by atoms with Crippen LogP contribution in [0.2, 0.25) is 0 Å². The van der Waals surface area contributed by atoms with E-state index in [4.69, 9.17) is 9.47 Å². The van der Waals surface area contributed by atoms with Crippen LogP contribution in [0, 0.1) is 0 Å². The summed E-state index contributed by atoms with van der Waals surface area (Å²) in [7, 11) is 0. The zero-order valence-electron chi connectivity index (χ0n) is 11.9. The topological polar surface area (TPSA) is 59.6 Å². The second-order valence-electron chi connectivity index (χ2n) is 4.81. The van der Waals surface area contributed by atoms with E-state index >= 15 is 0 Å². The van der Waals surface area contributed by atoms with Gasteiger partial charge in [-0.3, -0.25) is 0 Å². The molecule has 0 unspecified atom stereocenters. The lowest BCUT2D eigenvalue weighted by Crippen LogP contribution is -2.31. The summed E-state index contributed by atoms with van der Waals surface area (Å²) in [6.07, 6.45) is 0. The van der Waals surface area contributed by atoms with Crippen molar-refractivity contribution in [1.29, 1.82) is 0 Å². The molecule has 1 aliphatic rings. The number of carbonyl (C=O) groups excluding carboxylic acids is 1. The van der Waals surface area contributed by atoms with Gasteiger partial charge in [0.05, 0.1) is 11.7 Å². The maximum Gasteiger partial charge on any atom is 0.319 e. The van der Waals surface area contributed by atoms with Crippen molar-refractivity contribution in [2.24, 2.45) is 0 Å². The molecule has 3 rings (SSSR count). The largest absolute Gasteiger partial charge is 0.486 e. The molecule has 2 aromatic rings. The summed E-state index contributed by atoms with van der Waals surface area (Å²) in [5.41, 5.74) is 0.639. The standard InChI is InChI=1S/C15H15BrN2O3S/c1-9(14-3-2-6-22-14)17-15(19)18-11-8-13-12(7-10(11)16)20-4-5-21-13/h2-3,6-9H,4-5H2,1H3,(H2,17,18,19)/t9-/m1/s1. The molecule has 0 saturated carbocycles. The average molecular weight is 383 g/mol. The van der Waals surface area contributed by atoms with Gasteiger partial charge in [0, 0.05) is 21.5 Å². The predicted octanol–water partition coefficient (Wildman–Crippen LogP) is 4.16. The van der Waals surface area contributed by atoms with E-state index < -0.39 is 0 Å². The SMILES string of the molecule is C[C@@H](NC(=O)Nc1cc2c(cc1Br)OCCO2)c1cccs1. The van der Waals surface area contributed by atoms with E-state index in [9.17, 15) is 4.79 Å². The first-order valence-corrected chi connectivity index (χ1v) is 8.51. The van der Waals surface area contributed by atoms with E-state index in [1.54, 1.807) is 23.5 Å². The van der Waals surface area contributed by atoms with Crippen LogP contribution in [0.3, 0.4) is 0 Å². The minimum atomic E-state index is -0.265. The molecule has 22 heavy (non-hydrogen) atoms. The van der Waals surface area contributed by atoms with Gasteiger partial charge in [0.15, 0.2) is 11.5 Å². The van der Waals surface area contributed by atoms with Crippen molar-refractivity contribution in [3.8, 4) is 11.5 Å². The molecule has 0 fully saturated rings. The van der Waals surface area contributed by atoms with Crippen LogP contribution >= 0.6 is 27.3 Å². The summed E-state index contributed by atoms with van der Waals surface area (Å²) in [5, 5.41) is 7.72. The van der Waals surface area contributed by atoms with Crippen LogP contribution in [0.15, 0.2) is 34.1 Å². The Balaban J connectivity index is 1.68. The van der Waals surface area contributed by atoms with Gasteiger partial charge in [0.25, 0.3) is 0 Å². The fourth-order valence-corrected chi connectivity index (χ4v) is 3.28. The first kappa shape index (κ1) is 15.2. The molecule has 0 bridgehead atoms. The van der Waals surface area contributed by atoms with Crippen LogP contribution in [-0.4, -0.2) is 19.2 Å². The van der Waals surface area contributed by atoms with E-state index in [2.05, 4.69) is 26.6 Å². The monoisotopic (exact) mass is 382 g/mol. The Bertz CT molecular complexity index is 676. The quantitative estimate of drug-likeness (QED) is 0.837. The maximum absolute atomic E-state index is 12.1. The Morgan fingerprint density at radius 2 is 2.05 bits per heavy atom. The Hall–Kier alpha value is -1.73. The van der Waals surface area contributed by atoms with E-state index in [-0.39, 0.29) is 12.1 Å². The first-order valence-electron chi connectivity index (χ1n) is 6.83. The molecule has 1 atom stereocenters. The van der Waals surface area contributed by atoms with Gasteiger partial charge in [0.1, 0.15) is 13.2 Å². The van der Waals surface area contributed by atoms with Gasteiger partial charge in [-0.15, -0.1) is 11.3 Å².